The summed E-state index contributed by atoms with van der Waals surface area (Å²) in [6.07, 6.45) is 1.42. The number of hydrogen-bond acceptors (Lipinski definition) is 7. The molecule has 1 aromatic heterocycles. The Bertz CT molecular complexity index is 767. The van der Waals surface area contributed by atoms with E-state index in [1.807, 2.05) is 0 Å². The van der Waals surface area contributed by atoms with Crippen LogP contribution in [0.25, 0.3) is 0 Å². The molecule has 2 rings (SSSR count). The van der Waals surface area contributed by atoms with Gasteiger partial charge in [0.25, 0.3) is 5.72 Å². The lowest BCUT2D eigenvalue weighted by atomic mass is 10.0. The lowest BCUT2D eigenvalue weighted by molar-refractivity contribution is -0.162. The highest BCUT2D eigenvalue weighted by Crippen LogP contribution is 2.24. The first-order valence-corrected chi connectivity index (χ1v) is 7.07. The van der Waals surface area contributed by atoms with Crippen LogP contribution in [0, 0.1) is 0 Å². The standard InChI is InChI=1S/C16H16N4O5/c1-24-14(22)16(23,11-7-3-2-4-8-11)19-15(17)20-25-13(21)12-9-5-6-10-18-12/h2-10,23H,1H3,(H3,17,19,20). The van der Waals surface area contributed by atoms with Gasteiger partial charge in [0.1, 0.15) is 0 Å². The van der Waals surface area contributed by atoms with E-state index >= 15 is 0 Å². The fourth-order valence-corrected chi connectivity index (χ4v) is 1.87. The predicted molar refractivity (Wildman–Crippen MR) is 86.8 cm³/mol. The predicted octanol–water partition coefficient (Wildman–Crippen LogP) is 0.0760. The number of hydrogen-bond donors (Lipinski definition) is 3. The number of esters is 1. The first-order valence-electron chi connectivity index (χ1n) is 7.07. The number of pyridine rings is 1. The third-order valence-electron chi connectivity index (χ3n) is 3.05. The summed E-state index contributed by atoms with van der Waals surface area (Å²) in [5.41, 5.74) is 5.41. The van der Waals surface area contributed by atoms with Crippen molar-refractivity contribution < 1.29 is 24.3 Å². The van der Waals surface area contributed by atoms with E-state index in [-0.39, 0.29) is 11.3 Å². The molecule has 9 nitrogen and oxygen atoms in total. The van der Waals surface area contributed by atoms with Gasteiger partial charge in [0, 0.05) is 11.8 Å². The molecular weight excluding hydrogens is 328 g/mol. The Labute approximate surface area is 143 Å². The average molecular weight is 344 g/mol. The lowest BCUT2D eigenvalue weighted by Gasteiger charge is -2.21. The minimum absolute atomic E-state index is 0.0362. The number of benzene rings is 1. The van der Waals surface area contributed by atoms with E-state index in [1.165, 1.54) is 24.4 Å². The number of hydroxylamine groups is 1. The molecule has 0 amide bonds. The van der Waals surface area contributed by atoms with Gasteiger partial charge in [-0.3, -0.25) is 0 Å². The van der Waals surface area contributed by atoms with Crippen LogP contribution in [-0.4, -0.2) is 35.1 Å². The van der Waals surface area contributed by atoms with Gasteiger partial charge in [0.05, 0.1) is 7.11 Å². The maximum Gasteiger partial charge on any atom is 0.381 e. The number of ether oxygens (including phenoxy) is 1. The largest absolute Gasteiger partial charge is 0.465 e. The number of carbonyl (C=O) groups is 2. The number of methoxy groups -OCH3 is 1. The molecule has 0 aliphatic rings. The van der Waals surface area contributed by atoms with Crippen molar-refractivity contribution in [1.82, 2.24) is 10.5 Å². The Morgan fingerprint density at radius 3 is 2.48 bits per heavy atom. The van der Waals surface area contributed by atoms with Gasteiger partial charge < -0.3 is 20.4 Å². The highest BCUT2D eigenvalue weighted by molar-refractivity contribution is 5.90. The summed E-state index contributed by atoms with van der Waals surface area (Å²) in [6.45, 7) is 0. The molecule has 9 heteroatoms. The number of aliphatic imine (C=N–C) groups is 1. The number of nitrogens with two attached hydrogens (primary N) is 1. The van der Waals surface area contributed by atoms with Gasteiger partial charge in [-0.1, -0.05) is 36.4 Å². The zero-order valence-electron chi connectivity index (χ0n) is 13.2. The van der Waals surface area contributed by atoms with Crippen LogP contribution in [0.5, 0.6) is 0 Å². The second-order valence-corrected chi connectivity index (χ2v) is 4.73. The summed E-state index contributed by atoms with van der Waals surface area (Å²) in [6, 6.07) is 12.5. The van der Waals surface area contributed by atoms with Crippen molar-refractivity contribution in [1.29, 1.82) is 0 Å². The van der Waals surface area contributed by atoms with Crippen molar-refractivity contribution in [3.8, 4) is 0 Å². The van der Waals surface area contributed by atoms with Gasteiger partial charge in [0.15, 0.2) is 5.69 Å². The summed E-state index contributed by atoms with van der Waals surface area (Å²) < 4.78 is 4.57. The van der Waals surface area contributed by atoms with E-state index in [1.54, 1.807) is 30.3 Å². The smallest absolute Gasteiger partial charge is 0.381 e. The topological polar surface area (TPSA) is 136 Å². The molecule has 1 atom stereocenters. The number of carbonyl (C=O) groups excluding carboxylic acids is 2. The Balaban J connectivity index is 2.16. The van der Waals surface area contributed by atoms with Gasteiger partial charge in [-0.25, -0.2) is 19.6 Å². The molecule has 1 unspecified atom stereocenters. The Morgan fingerprint density at radius 1 is 1.20 bits per heavy atom. The van der Waals surface area contributed by atoms with E-state index in [0.717, 1.165) is 7.11 Å². The van der Waals surface area contributed by atoms with Crippen LogP contribution < -0.4 is 11.2 Å². The summed E-state index contributed by atoms with van der Waals surface area (Å²) >= 11 is 0. The number of nitrogens with zero attached hydrogens (tertiary/aromatic N) is 2. The van der Waals surface area contributed by atoms with Crippen molar-refractivity contribution in [2.45, 2.75) is 5.72 Å². The fraction of sp³-hybridized carbons (Fsp3) is 0.125. The Hall–Kier alpha value is -3.46. The Morgan fingerprint density at radius 2 is 1.88 bits per heavy atom. The van der Waals surface area contributed by atoms with Gasteiger partial charge in [-0.05, 0) is 12.1 Å². The molecule has 0 fully saturated rings. The molecule has 130 valence electrons. The number of guanidine groups is 1. The first-order chi connectivity index (χ1) is 12.0. The van der Waals surface area contributed by atoms with Gasteiger partial charge in [-0.2, -0.15) is 5.48 Å². The van der Waals surface area contributed by atoms with E-state index < -0.39 is 23.6 Å². The van der Waals surface area contributed by atoms with Gasteiger partial charge in [0.2, 0.25) is 5.96 Å². The SMILES string of the molecule is COC(=O)C(O)(N=C(N)NOC(=O)c1ccccn1)c1ccccc1. The molecule has 1 aromatic carbocycles. The number of nitrogens with one attached hydrogen (secondary N) is 1. The van der Waals surface area contributed by atoms with Crippen molar-refractivity contribution >= 4 is 17.9 Å². The molecule has 0 saturated carbocycles. The van der Waals surface area contributed by atoms with Crippen LogP contribution >= 0.6 is 0 Å². The van der Waals surface area contributed by atoms with Crippen LogP contribution in [0.15, 0.2) is 59.7 Å². The van der Waals surface area contributed by atoms with Crippen molar-refractivity contribution in [3.05, 3.63) is 66.0 Å². The third kappa shape index (κ3) is 4.30. The molecule has 2 aromatic rings. The van der Waals surface area contributed by atoms with Crippen LogP contribution in [0.1, 0.15) is 16.1 Å². The molecule has 0 spiro atoms. The summed E-state index contributed by atoms with van der Waals surface area (Å²) in [5.74, 6) is -2.39. The zero-order valence-corrected chi connectivity index (χ0v) is 13.2. The molecule has 0 aliphatic carbocycles. The van der Waals surface area contributed by atoms with Crippen molar-refractivity contribution in [2.24, 2.45) is 10.7 Å². The lowest BCUT2D eigenvalue weighted by Crippen LogP contribution is -2.41. The van der Waals surface area contributed by atoms with Crippen LogP contribution in [-0.2, 0) is 20.1 Å². The average Bonchev–Trinajstić information content (AvgIpc) is 2.66. The van der Waals surface area contributed by atoms with E-state index in [2.05, 4.69) is 20.2 Å². The molecule has 0 saturated heterocycles. The summed E-state index contributed by atoms with van der Waals surface area (Å²) in [5, 5.41) is 10.6. The second kappa shape index (κ2) is 7.88. The Kier molecular flexibility index (Phi) is 5.64. The van der Waals surface area contributed by atoms with Crippen LogP contribution in [0.2, 0.25) is 0 Å². The maximum absolute atomic E-state index is 11.9. The van der Waals surface area contributed by atoms with Crippen LogP contribution in [0.4, 0.5) is 0 Å². The fourth-order valence-electron chi connectivity index (χ4n) is 1.87. The maximum atomic E-state index is 11.9. The van der Waals surface area contributed by atoms with Crippen molar-refractivity contribution in [2.75, 3.05) is 7.11 Å². The van der Waals surface area contributed by atoms with Gasteiger partial charge in [-0.15, -0.1) is 0 Å². The monoisotopic (exact) mass is 344 g/mol. The molecule has 4 N–H and O–H groups in total. The molecule has 0 aliphatic heterocycles. The minimum atomic E-state index is -2.40. The van der Waals surface area contributed by atoms with E-state index in [0.29, 0.717) is 0 Å². The van der Waals surface area contributed by atoms with Crippen molar-refractivity contribution in [3.63, 3.8) is 0 Å². The van der Waals surface area contributed by atoms with E-state index in [9.17, 15) is 14.7 Å². The second-order valence-electron chi connectivity index (χ2n) is 4.73. The van der Waals surface area contributed by atoms with E-state index in [4.69, 9.17) is 10.6 Å². The minimum Gasteiger partial charge on any atom is -0.465 e. The quantitative estimate of drug-likeness (QED) is 0.307. The zero-order chi connectivity index (χ0) is 18.3. The molecule has 0 bridgehead atoms. The highest BCUT2D eigenvalue weighted by atomic mass is 16.7. The molecule has 1 heterocycles. The first kappa shape index (κ1) is 17.9. The van der Waals surface area contributed by atoms with Crippen LogP contribution in [0.3, 0.4) is 0 Å². The third-order valence-corrected chi connectivity index (χ3v) is 3.05. The normalized spacial score (nSPS) is 13.4. The number of aliphatic hydroxyl groups is 1. The molecule has 25 heavy (non-hydrogen) atoms. The molecular formula is C16H16N4O5. The van der Waals surface area contributed by atoms with Gasteiger partial charge >= 0.3 is 11.9 Å². The molecule has 0 radical (unpaired) electrons. The summed E-state index contributed by atoms with van der Waals surface area (Å²) in [7, 11) is 1.09. The number of aromatic nitrogens is 1. The summed E-state index contributed by atoms with van der Waals surface area (Å²) in [4.78, 5) is 35.9. The highest BCUT2D eigenvalue weighted by Gasteiger charge is 2.39. The number of rotatable bonds is 4.